The van der Waals surface area contributed by atoms with Gasteiger partial charge in [-0.05, 0) is 83.0 Å². The smallest absolute Gasteiger partial charge is 0.0631 e. The van der Waals surface area contributed by atoms with E-state index in [1.807, 2.05) is 6.21 Å². The van der Waals surface area contributed by atoms with Crippen LogP contribution in [0.25, 0.3) is 5.57 Å². The van der Waals surface area contributed by atoms with Crippen LogP contribution in [0.3, 0.4) is 0 Å². The van der Waals surface area contributed by atoms with Crippen LogP contribution < -0.4 is 9.80 Å². The molecule has 0 aromatic heterocycles. The molecule has 4 heteroatoms. The lowest BCUT2D eigenvalue weighted by Gasteiger charge is -2.43. The van der Waals surface area contributed by atoms with Crippen molar-refractivity contribution >= 4 is 40.5 Å². The van der Waals surface area contributed by atoms with Gasteiger partial charge in [0.2, 0.25) is 0 Å². The molecule has 0 amide bonds. The first-order chi connectivity index (χ1) is 14.3. The third-order valence-corrected chi connectivity index (χ3v) is 6.20. The van der Waals surface area contributed by atoms with Gasteiger partial charge in [-0.3, -0.25) is 4.99 Å². The number of benzene rings is 2. The molecular formula is C26H34ClN3. The Balaban J connectivity index is 1.91. The maximum atomic E-state index is 6.69. The van der Waals surface area contributed by atoms with Crippen LogP contribution in [-0.4, -0.2) is 31.4 Å². The van der Waals surface area contributed by atoms with Crippen molar-refractivity contribution in [1.29, 1.82) is 0 Å². The summed E-state index contributed by atoms with van der Waals surface area (Å²) in [6, 6.07) is 12.7. The van der Waals surface area contributed by atoms with E-state index < -0.39 is 0 Å². The molecule has 0 saturated carbocycles. The number of hydrogen-bond acceptors (Lipinski definition) is 3. The lowest BCUT2D eigenvalue weighted by Crippen LogP contribution is -2.45. The summed E-state index contributed by atoms with van der Waals surface area (Å²) >= 11 is 6.69. The number of fused-ring (bicyclic) bond motifs is 1. The Morgan fingerprint density at radius 2 is 1.73 bits per heavy atom. The van der Waals surface area contributed by atoms with E-state index in [2.05, 4.69) is 98.8 Å². The van der Waals surface area contributed by atoms with E-state index in [9.17, 15) is 0 Å². The Morgan fingerprint density at radius 1 is 1.07 bits per heavy atom. The van der Waals surface area contributed by atoms with E-state index in [4.69, 9.17) is 11.6 Å². The predicted octanol–water partition coefficient (Wildman–Crippen LogP) is 7.35. The highest BCUT2D eigenvalue weighted by atomic mass is 35.5. The first-order valence-corrected chi connectivity index (χ1v) is 11.4. The van der Waals surface area contributed by atoms with Gasteiger partial charge >= 0.3 is 0 Å². The fraction of sp³-hybridized carbons (Fsp3) is 0.423. The van der Waals surface area contributed by atoms with E-state index in [0.29, 0.717) is 0 Å². The molecule has 0 saturated heterocycles. The number of rotatable bonds is 7. The first-order valence-electron chi connectivity index (χ1n) is 11.0. The zero-order valence-electron chi connectivity index (χ0n) is 19.2. The zero-order valence-corrected chi connectivity index (χ0v) is 19.9. The minimum Gasteiger partial charge on any atom is -0.372 e. The van der Waals surface area contributed by atoms with Gasteiger partial charge < -0.3 is 9.80 Å². The van der Waals surface area contributed by atoms with Crippen LogP contribution in [0.5, 0.6) is 0 Å². The lowest BCUT2D eigenvalue weighted by atomic mass is 9.88. The van der Waals surface area contributed by atoms with Gasteiger partial charge in [0.05, 0.1) is 16.2 Å². The maximum Gasteiger partial charge on any atom is 0.0631 e. The molecule has 3 nitrogen and oxygen atoms in total. The summed E-state index contributed by atoms with van der Waals surface area (Å²) in [6.07, 6.45) is 5.33. The summed E-state index contributed by atoms with van der Waals surface area (Å²) in [7, 11) is 0. The van der Waals surface area contributed by atoms with Crippen molar-refractivity contribution in [3.8, 4) is 0 Å². The molecule has 0 aliphatic carbocycles. The van der Waals surface area contributed by atoms with Crippen molar-refractivity contribution in [3.05, 3.63) is 58.6 Å². The molecule has 0 atom stereocenters. The Bertz CT molecular complexity index is 937. The number of nitrogens with zero attached hydrogens (tertiary/aromatic N) is 3. The van der Waals surface area contributed by atoms with Crippen molar-refractivity contribution in [2.24, 2.45) is 4.99 Å². The van der Waals surface area contributed by atoms with Crippen molar-refractivity contribution < 1.29 is 0 Å². The van der Waals surface area contributed by atoms with Crippen LogP contribution >= 0.6 is 11.6 Å². The van der Waals surface area contributed by atoms with Crippen LogP contribution in [0.4, 0.5) is 17.1 Å². The van der Waals surface area contributed by atoms with E-state index >= 15 is 0 Å². The van der Waals surface area contributed by atoms with Gasteiger partial charge in [-0.15, -0.1) is 0 Å². The zero-order chi connectivity index (χ0) is 21.9. The van der Waals surface area contributed by atoms with E-state index in [1.165, 1.54) is 22.5 Å². The summed E-state index contributed by atoms with van der Waals surface area (Å²) < 4.78 is 0. The van der Waals surface area contributed by atoms with Gasteiger partial charge in [0.15, 0.2) is 0 Å². The third kappa shape index (κ3) is 4.57. The van der Waals surface area contributed by atoms with Crippen LogP contribution in [0.2, 0.25) is 5.02 Å². The van der Waals surface area contributed by atoms with Crippen LogP contribution in [0.15, 0.2) is 47.5 Å². The van der Waals surface area contributed by atoms with Crippen LogP contribution in [0, 0.1) is 0 Å². The molecule has 0 unspecified atom stereocenters. The molecule has 0 N–H and O–H groups in total. The van der Waals surface area contributed by atoms with E-state index in [1.54, 1.807) is 0 Å². The van der Waals surface area contributed by atoms with Gasteiger partial charge in [0.1, 0.15) is 0 Å². The van der Waals surface area contributed by atoms with Gasteiger partial charge in [-0.2, -0.15) is 0 Å². The van der Waals surface area contributed by atoms with Crippen molar-refractivity contribution in [1.82, 2.24) is 0 Å². The van der Waals surface area contributed by atoms with E-state index in [-0.39, 0.29) is 5.54 Å². The summed E-state index contributed by atoms with van der Waals surface area (Å²) in [4.78, 5) is 9.46. The fourth-order valence-electron chi connectivity index (χ4n) is 4.33. The average Bonchev–Trinajstić information content (AvgIpc) is 2.71. The highest BCUT2D eigenvalue weighted by molar-refractivity contribution is 6.33. The summed E-state index contributed by atoms with van der Waals surface area (Å²) in [5.41, 5.74) is 6.84. The number of halogens is 1. The van der Waals surface area contributed by atoms with Crippen molar-refractivity contribution in [2.45, 2.75) is 53.5 Å². The van der Waals surface area contributed by atoms with Gasteiger partial charge in [-0.1, -0.05) is 24.6 Å². The standard InChI is InChI=1S/C26H34ClN3/c1-7-14-30-25-16-24(27)20(15-23(25)19(4)17-26(30,5)6)18-28-21-10-12-22(13-11-21)29(8-2)9-3/h10-13,15-18H,7-9,14H2,1-6H3. The molecule has 160 valence electrons. The van der Waals surface area contributed by atoms with Crippen molar-refractivity contribution in [2.75, 3.05) is 29.4 Å². The fourth-order valence-corrected chi connectivity index (χ4v) is 4.53. The van der Waals surface area contributed by atoms with Crippen LogP contribution in [0.1, 0.15) is 59.1 Å². The Kier molecular flexibility index (Phi) is 6.92. The number of allylic oxidation sites excluding steroid dienone is 1. The second-order valence-electron chi connectivity index (χ2n) is 8.47. The van der Waals surface area contributed by atoms with Gasteiger partial charge in [-0.25, -0.2) is 0 Å². The second kappa shape index (κ2) is 9.26. The number of aliphatic imine (C=N–C) groups is 1. The Morgan fingerprint density at radius 3 is 2.33 bits per heavy atom. The second-order valence-corrected chi connectivity index (χ2v) is 8.88. The molecule has 2 aromatic rings. The van der Waals surface area contributed by atoms with Gasteiger partial charge in [0, 0.05) is 48.4 Å². The Labute approximate surface area is 187 Å². The summed E-state index contributed by atoms with van der Waals surface area (Å²) in [5.74, 6) is 0. The molecule has 3 rings (SSSR count). The minimum atomic E-state index is -0.0152. The molecule has 2 aromatic carbocycles. The topological polar surface area (TPSA) is 18.8 Å². The Hall–Kier alpha value is -2.26. The highest BCUT2D eigenvalue weighted by Crippen LogP contribution is 2.41. The van der Waals surface area contributed by atoms with E-state index in [0.717, 1.165) is 42.3 Å². The summed E-state index contributed by atoms with van der Waals surface area (Å²) in [5, 5.41) is 0.740. The normalized spacial score (nSPS) is 15.3. The minimum absolute atomic E-state index is 0.0152. The predicted molar refractivity (Wildman–Crippen MR) is 134 cm³/mol. The molecule has 1 heterocycles. The van der Waals surface area contributed by atoms with Crippen molar-refractivity contribution in [3.63, 3.8) is 0 Å². The molecule has 0 fully saturated rings. The third-order valence-electron chi connectivity index (χ3n) is 5.87. The molecule has 0 radical (unpaired) electrons. The molecule has 0 bridgehead atoms. The molecular weight excluding hydrogens is 390 g/mol. The first kappa shape index (κ1) is 22.4. The molecule has 1 aliphatic heterocycles. The molecule has 1 aliphatic rings. The number of hydrogen-bond donors (Lipinski definition) is 0. The monoisotopic (exact) mass is 423 g/mol. The largest absolute Gasteiger partial charge is 0.372 e. The lowest BCUT2D eigenvalue weighted by molar-refractivity contribution is 0.550. The average molecular weight is 424 g/mol. The SMILES string of the molecule is CCCN1c2cc(Cl)c(C=Nc3ccc(N(CC)CC)cc3)cc2C(C)=CC1(C)C. The van der Waals surface area contributed by atoms with Crippen LogP contribution in [-0.2, 0) is 0 Å². The quantitative estimate of drug-likeness (QED) is 0.433. The molecule has 0 spiro atoms. The van der Waals surface area contributed by atoms with Gasteiger partial charge in [0.25, 0.3) is 0 Å². The maximum absolute atomic E-state index is 6.69. The molecule has 30 heavy (non-hydrogen) atoms. The number of anilines is 2. The highest BCUT2D eigenvalue weighted by Gasteiger charge is 2.31. The summed E-state index contributed by atoms with van der Waals surface area (Å²) in [6.45, 7) is 16.3.